The Morgan fingerprint density at radius 1 is 1.53 bits per heavy atom. The highest BCUT2D eigenvalue weighted by Gasteiger charge is 2.33. The maximum atomic E-state index is 3.94. The maximum Gasteiger partial charge on any atom is 0.0692 e. The zero-order chi connectivity index (χ0) is 10.7. The van der Waals surface area contributed by atoms with Crippen LogP contribution in [0, 0.1) is 5.41 Å². The summed E-state index contributed by atoms with van der Waals surface area (Å²) in [6.07, 6.45) is 7.63. The van der Waals surface area contributed by atoms with Gasteiger partial charge in [-0.2, -0.15) is 0 Å². The van der Waals surface area contributed by atoms with E-state index in [-0.39, 0.29) is 0 Å². The molecule has 1 aromatic rings. The van der Waals surface area contributed by atoms with Gasteiger partial charge in [-0.15, -0.1) is 5.10 Å². The van der Waals surface area contributed by atoms with Gasteiger partial charge in [0.15, 0.2) is 0 Å². The summed E-state index contributed by atoms with van der Waals surface area (Å²) in [5, 5.41) is 11.4. The van der Waals surface area contributed by atoms with Crippen molar-refractivity contribution in [1.29, 1.82) is 0 Å². The summed E-state index contributed by atoms with van der Waals surface area (Å²) in [7, 11) is 0. The van der Waals surface area contributed by atoms with Gasteiger partial charge in [0, 0.05) is 18.8 Å². The zero-order valence-corrected chi connectivity index (χ0v) is 9.61. The first kappa shape index (κ1) is 10.6. The second-order valence-corrected chi connectivity index (χ2v) is 5.05. The third kappa shape index (κ3) is 2.56. The highest BCUT2D eigenvalue weighted by molar-refractivity contribution is 4.89. The van der Waals surface area contributed by atoms with Crippen molar-refractivity contribution in [3.8, 4) is 0 Å². The standard InChI is InChI=1S/C11H20N4/c1-11(2)5-3-4-10(11)12-6-8-15-9-7-13-14-15/h7,9-10,12H,3-6,8H2,1-2H3. The molecule has 1 heterocycles. The predicted molar refractivity (Wildman–Crippen MR) is 59.4 cm³/mol. The Morgan fingerprint density at radius 2 is 2.40 bits per heavy atom. The normalized spacial score (nSPS) is 24.5. The molecule has 1 N–H and O–H groups in total. The lowest BCUT2D eigenvalue weighted by Gasteiger charge is -2.27. The summed E-state index contributed by atoms with van der Waals surface area (Å²) in [6.45, 7) is 6.60. The molecule has 1 aliphatic carbocycles. The molecule has 1 atom stereocenters. The monoisotopic (exact) mass is 208 g/mol. The molecule has 84 valence electrons. The van der Waals surface area contributed by atoms with Crippen molar-refractivity contribution in [2.24, 2.45) is 5.41 Å². The Bertz CT molecular complexity index is 292. The van der Waals surface area contributed by atoms with Crippen molar-refractivity contribution in [2.75, 3.05) is 6.54 Å². The Kier molecular flexibility index (Phi) is 3.05. The quantitative estimate of drug-likeness (QED) is 0.814. The van der Waals surface area contributed by atoms with Gasteiger partial charge in [-0.05, 0) is 18.3 Å². The molecule has 1 unspecified atom stereocenters. The summed E-state index contributed by atoms with van der Waals surface area (Å²) in [5.74, 6) is 0. The largest absolute Gasteiger partial charge is 0.312 e. The number of rotatable bonds is 4. The molecule has 1 fully saturated rings. The van der Waals surface area contributed by atoms with E-state index < -0.39 is 0 Å². The first-order valence-electron chi connectivity index (χ1n) is 5.76. The Hall–Kier alpha value is -0.900. The van der Waals surface area contributed by atoms with Gasteiger partial charge in [0.2, 0.25) is 0 Å². The third-order valence-electron chi connectivity index (χ3n) is 3.46. The molecule has 0 amide bonds. The van der Waals surface area contributed by atoms with Gasteiger partial charge >= 0.3 is 0 Å². The lowest BCUT2D eigenvalue weighted by Crippen LogP contribution is -2.39. The molecule has 1 saturated carbocycles. The molecule has 1 aromatic heterocycles. The van der Waals surface area contributed by atoms with Crippen LogP contribution in [-0.4, -0.2) is 27.6 Å². The van der Waals surface area contributed by atoms with E-state index in [9.17, 15) is 0 Å². The second-order valence-electron chi connectivity index (χ2n) is 5.05. The van der Waals surface area contributed by atoms with Crippen molar-refractivity contribution < 1.29 is 0 Å². The molecule has 0 saturated heterocycles. The van der Waals surface area contributed by atoms with E-state index in [0.717, 1.165) is 13.1 Å². The van der Waals surface area contributed by atoms with E-state index in [2.05, 4.69) is 29.5 Å². The molecule has 0 spiro atoms. The smallest absolute Gasteiger partial charge is 0.0692 e. The molecule has 4 nitrogen and oxygen atoms in total. The average molecular weight is 208 g/mol. The van der Waals surface area contributed by atoms with Crippen LogP contribution in [0.1, 0.15) is 33.1 Å². The van der Waals surface area contributed by atoms with Crippen molar-refractivity contribution in [3.63, 3.8) is 0 Å². The molecular weight excluding hydrogens is 188 g/mol. The van der Waals surface area contributed by atoms with Gasteiger partial charge in [-0.3, -0.25) is 4.68 Å². The fraction of sp³-hybridized carbons (Fsp3) is 0.818. The SMILES string of the molecule is CC1(C)CCCC1NCCn1ccnn1. The van der Waals surface area contributed by atoms with Gasteiger partial charge in [0.1, 0.15) is 0 Å². The van der Waals surface area contributed by atoms with Crippen LogP contribution in [0.4, 0.5) is 0 Å². The van der Waals surface area contributed by atoms with Crippen molar-refractivity contribution in [3.05, 3.63) is 12.4 Å². The maximum absolute atomic E-state index is 3.94. The van der Waals surface area contributed by atoms with Crippen LogP contribution in [0.25, 0.3) is 0 Å². The second kappa shape index (κ2) is 4.31. The number of nitrogens with one attached hydrogen (secondary N) is 1. The minimum absolute atomic E-state index is 0.461. The molecule has 0 radical (unpaired) electrons. The van der Waals surface area contributed by atoms with Crippen LogP contribution in [0.5, 0.6) is 0 Å². The van der Waals surface area contributed by atoms with Crippen molar-refractivity contribution in [1.82, 2.24) is 20.3 Å². The summed E-state index contributed by atoms with van der Waals surface area (Å²) in [5.41, 5.74) is 0.461. The van der Waals surface area contributed by atoms with E-state index in [1.807, 2.05) is 10.9 Å². The first-order chi connectivity index (χ1) is 7.18. The average Bonchev–Trinajstić information content (AvgIpc) is 2.77. The van der Waals surface area contributed by atoms with Crippen LogP contribution in [0.3, 0.4) is 0 Å². The molecule has 0 bridgehead atoms. The Morgan fingerprint density at radius 3 is 3.00 bits per heavy atom. The summed E-state index contributed by atoms with van der Waals surface area (Å²) in [4.78, 5) is 0. The van der Waals surface area contributed by atoms with Gasteiger partial charge in [0.05, 0.1) is 12.7 Å². The van der Waals surface area contributed by atoms with E-state index in [1.54, 1.807) is 6.20 Å². The molecule has 0 aromatic carbocycles. The number of hydrogen-bond donors (Lipinski definition) is 1. The zero-order valence-electron chi connectivity index (χ0n) is 9.61. The van der Waals surface area contributed by atoms with Crippen LogP contribution >= 0.6 is 0 Å². The minimum atomic E-state index is 0.461. The van der Waals surface area contributed by atoms with E-state index in [1.165, 1.54) is 19.3 Å². The van der Waals surface area contributed by atoms with Gasteiger partial charge < -0.3 is 5.32 Å². The highest BCUT2D eigenvalue weighted by Crippen LogP contribution is 2.36. The molecule has 4 heteroatoms. The lowest BCUT2D eigenvalue weighted by atomic mass is 9.87. The molecule has 1 aliphatic rings. The topological polar surface area (TPSA) is 42.7 Å². The van der Waals surface area contributed by atoms with Crippen LogP contribution < -0.4 is 5.32 Å². The number of aromatic nitrogens is 3. The highest BCUT2D eigenvalue weighted by atomic mass is 15.4. The van der Waals surface area contributed by atoms with Crippen molar-refractivity contribution >= 4 is 0 Å². The van der Waals surface area contributed by atoms with Crippen LogP contribution in [0.2, 0.25) is 0 Å². The first-order valence-corrected chi connectivity index (χ1v) is 5.76. The van der Waals surface area contributed by atoms with Crippen LogP contribution in [0.15, 0.2) is 12.4 Å². The van der Waals surface area contributed by atoms with Crippen molar-refractivity contribution in [2.45, 2.75) is 45.7 Å². The predicted octanol–water partition coefficient (Wildman–Crippen LogP) is 1.45. The number of hydrogen-bond acceptors (Lipinski definition) is 3. The van der Waals surface area contributed by atoms with E-state index >= 15 is 0 Å². The summed E-state index contributed by atoms with van der Waals surface area (Å²) >= 11 is 0. The fourth-order valence-corrected chi connectivity index (χ4v) is 2.41. The summed E-state index contributed by atoms with van der Waals surface area (Å²) < 4.78 is 1.87. The molecule has 2 rings (SSSR count). The molecular formula is C11H20N4. The fourth-order valence-electron chi connectivity index (χ4n) is 2.41. The third-order valence-corrected chi connectivity index (χ3v) is 3.46. The van der Waals surface area contributed by atoms with Crippen LogP contribution in [-0.2, 0) is 6.54 Å². The van der Waals surface area contributed by atoms with Gasteiger partial charge in [-0.25, -0.2) is 0 Å². The van der Waals surface area contributed by atoms with Gasteiger partial charge in [-0.1, -0.05) is 25.5 Å². The molecule has 15 heavy (non-hydrogen) atoms. The van der Waals surface area contributed by atoms with E-state index in [0.29, 0.717) is 11.5 Å². The lowest BCUT2D eigenvalue weighted by molar-refractivity contribution is 0.280. The Balaban J connectivity index is 1.74. The summed E-state index contributed by atoms with van der Waals surface area (Å²) in [6, 6.07) is 0.668. The minimum Gasteiger partial charge on any atom is -0.312 e. The Labute approximate surface area is 91.1 Å². The molecule has 0 aliphatic heterocycles. The van der Waals surface area contributed by atoms with E-state index in [4.69, 9.17) is 0 Å². The number of nitrogens with zero attached hydrogens (tertiary/aromatic N) is 3. The van der Waals surface area contributed by atoms with Gasteiger partial charge in [0.25, 0.3) is 0 Å².